The second-order valence-electron chi connectivity index (χ2n) is 8.19. The number of rotatable bonds is 7. The Morgan fingerprint density at radius 1 is 0.774 bits per heavy atom. The molecule has 1 amide bonds. The molecule has 0 aromatic heterocycles. The lowest BCUT2D eigenvalue weighted by molar-refractivity contribution is -0.122. The highest BCUT2D eigenvalue weighted by Crippen LogP contribution is 2.29. The Bertz CT molecular complexity index is 929. The van der Waals surface area contributed by atoms with Gasteiger partial charge in [0.2, 0.25) is 5.91 Å². The zero-order valence-corrected chi connectivity index (χ0v) is 18.1. The quantitative estimate of drug-likeness (QED) is 0.546. The van der Waals surface area contributed by atoms with Crippen molar-refractivity contribution in [1.82, 2.24) is 5.32 Å². The topological polar surface area (TPSA) is 44.4 Å². The summed E-state index contributed by atoms with van der Waals surface area (Å²) in [5.74, 6) is -0.0221. The Labute approximate surface area is 185 Å². The fourth-order valence-electron chi connectivity index (χ4n) is 4.22. The first kappa shape index (κ1) is 21.0. The van der Waals surface area contributed by atoms with Crippen LogP contribution < -0.4 is 15.5 Å². The van der Waals surface area contributed by atoms with E-state index in [2.05, 4.69) is 58.0 Å². The average Bonchev–Trinajstić information content (AvgIpc) is 2.84. The fourth-order valence-corrected chi connectivity index (χ4v) is 4.22. The Balaban J connectivity index is 1.50. The standard InChI is InChI=1S/C27H31N3O/c1-21(28-24-17-9-10-18-25(24)30-19-11-4-12-20-30)27(31)29-26(22-13-5-2-6-14-22)23-15-7-3-8-16-23/h2-3,5-10,13-18,21,26,28H,4,11-12,19-20H2,1H3,(H,29,31)/t21-/m1/s1. The minimum atomic E-state index is -0.360. The summed E-state index contributed by atoms with van der Waals surface area (Å²) >= 11 is 0. The maximum atomic E-state index is 13.2. The molecule has 0 spiro atoms. The van der Waals surface area contributed by atoms with E-state index in [1.54, 1.807) is 0 Å². The van der Waals surface area contributed by atoms with Crippen LogP contribution in [0.2, 0.25) is 0 Å². The number of amides is 1. The first-order chi connectivity index (χ1) is 15.2. The zero-order valence-electron chi connectivity index (χ0n) is 18.1. The SMILES string of the molecule is C[C@@H](Nc1ccccc1N1CCCCC1)C(=O)NC(c1ccccc1)c1ccccc1. The summed E-state index contributed by atoms with van der Waals surface area (Å²) in [5.41, 5.74) is 4.35. The van der Waals surface area contributed by atoms with Crippen LogP contribution in [0.15, 0.2) is 84.9 Å². The molecule has 0 unspecified atom stereocenters. The van der Waals surface area contributed by atoms with Crippen molar-refractivity contribution in [3.63, 3.8) is 0 Å². The van der Waals surface area contributed by atoms with Gasteiger partial charge in [-0.25, -0.2) is 0 Å². The van der Waals surface area contributed by atoms with Crippen molar-refractivity contribution in [2.75, 3.05) is 23.3 Å². The van der Waals surface area contributed by atoms with Gasteiger partial charge in [0.25, 0.3) is 0 Å². The van der Waals surface area contributed by atoms with Gasteiger partial charge in [0.15, 0.2) is 0 Å². The second kappa shape index (κ2) is 10.2. The average molecular weight is 414 g/mol. The Kier molecular flexibility index (Phi) is 6.88. The first-order valence-electron chi connectivity index (χ1n) is 11.2. The van der Waals surface area contributed by atoms with E-state index in [0.29, 0.717) is 0 Å². The molecule has 4 nitrogen and oxygen atoms in total. The van der Waals surface area contributed by atoms with Crippen molar-refractivity contribution in [3.8, 4) is 0 Å². The van der Waals surface area contributed by atoms with Crippen LogP contribution in [0.3, 0.4) is 0 Å². The minimum Gasteiger partial charge on any atom is -0.372 e. The number of hydrogen-bond acceptors (Lipinski definition) is 3. The van der Waals surface area contributed by atoms with Crippen LogP contribution in [0.5, 0.6) is 0 Å². The monoisotopic (exact) mass is 413 g/mol. The van der Waals surface area contributed by atoms with Crippen molar-refractivity contribution in [2.45, 2.75) is 38.3 Å². The molecule has 1 fully saturated rings. The highest BCUT2D eigenvalue weighted by molar-refractivity contribution is 5.86. The molecule has 1 aliphatic rings. The summed E-state index contributed by atoms with van der Waals surface area (Å²) in [6.45, 7) is 4.07. The van der Waals surface area contributed by atoms with Crippen LogP contribution in [-0.2, 0) is 4.79 Å². The van der Waals surface area contributed by atoms with E-state index in [9.17, 15) is 4.79 Å². The molecule has 3 aromatic carbocycles. The highest BCUT2D eigenvalue weighted by Gasteiger charge is 2.22. The molecule has 1 saturated heterocycles. The molecule has 1 atom stereocenters. The lowest BCUT2D eigenvalue weighted by Crippen LogP contribution is -2.40. The third-order valence-corrected chi connectivity index (χ3v) is 5.92. The smallest absolute Gasteiger partial charge is 0.242 e. The number of para-hydroxylation sites is 2. The number of nitrogens with zero attached hydrogens (tertiary/aromatic N) is 1. The van der Waals surface area contributed by atoms with E-state index in [1.165, 1.54) is 24.9 Å². The molecular weight excluding hydrogens is 382 g/mol. The van der Waals surface area contributed by atoms with Crippen LogP contribution in [0.25, 0.3) is 0 Å². The number of anilines is 2. The molecule has 4 rings (SSSR count). The highest BCUT2D eigenvalue weighted by atomic mass is 16.2. The first-order valence-corrected chi connectivity index (χ1v) is 11.2. The van der Waals surface area contributed by atoms with Crippen molar-refractivity contribution in [2.24, 2.45) is 0 Å². The van der Waals surface area contributed by atoms with Crippen LogP contribution in [-0.4, -0.2) is 25.0 Å². The molecule has 31 heavy (non-hydrogen) atoms. The predicted octanol–water partition coefficient (Wildman–Crippen LogP) is 5.38. The molecule has 1 heterocycles. The molecule has 2 N–H and O–H groups in total. The molecule has 0 saturated carbocycles. The summed E-state index contributed by atoms with van der Waals surface area (Å²) in [6, 6.07) is 28.0. The number of piperidine rings is 1. The van der Waals surface area contributed by atoms with Gasteiger partial charge in [-0.15, -0.1) is 0 Å². The van der Waals surface area contributed by atoms with Crippen LogP contribution >= 0.6 is 0 Å². The Morgan fingerprint density at radius 2 is 1.32 bits per heavy atom. The maximum Gasteiger partial charge on any atom is 0.242 e. The second-order valence-corrected chi connectivity index (χ2v) is 8.19. The van der Waals surface area contributed by atoms with Crippen LogP contribution in [0.4, 0.5) is 11.4 Å². The number of carbonyl (C=O) groups excluding carboxylic acids is 1. The predicted molar refractivity (Wildman–Crippen MR) is 128 cm³/mol. The summed E-state index contributed by atoms with van der Waals surface area (Å²) in [4.78, 5) is 15.6. The van der Waals surface area contributed by atoms with Crippen molar-refractivity contribution < 1.29 is 4.79 Å². The largest absolute Gasteiger partial charge is 0.372 e. The number of hydrogen-bond donors (Lipinski definition) is 2. The van der Waals surface area contributed by atoms with Crippen molar-refractivity contribution >= 4 is 17.3 Å². The third-order valence-electron chi connectivity index (χ3n) is 5.92. The summed E-state index contributed by atoms with van der Waals surface area (Å²) in [7, 11) is 0. The van der Waals surface area contributed by atoms with Gasteiger partial charge >= 0.3 is 0 Å². The van der Waals surface area contributed by atoms with Crippen LogP contribution in [0.1, 0.15) is 43.4 Å². The lowest BCUT2D eigenvalue weighted by atomic mass is 9.98. The molecule has 0 bridgehead atoms. The fraction of sp³-hybridized carbons (Fsp3) is 0.296. The number of benzene rings is 3. The van der Waals surface area contributed by atoms with E-state index in [1.807, 2.05) is 49.4 Å². The Hall–Kier alpha value is -3.27. The van der Waals surface area contributed by atoms with E-state index in [-0.39, 0.29) is 18.0 Å². The molecular formula is C27H31N3O. The van der Waals surface area contributed by atoms with Crippen LogP contribution in [0, 0.1) is 0 Å². The number of nitrogens with one attached hydrogen (secondary N) is 2. The molecule has 3 aromatic rings. The minimum absolute atomic E-state index is 0.0221. The van der Waals surface area contributed by atoms with E-state index >= 15 is 0 Å². The van der Waals surface area contributed by atoms with Crippen molar-refractivity contribution in [1.29, 1.82) is 0 Å². The van der Waals surface area contributed by atoms with E-state index < -0.39 is 0 Å². The molecule has 0 aliphatic carbocycles. The number of carbonyl (C=O) groups is 1. The van der Waals surface area contributed by atoms with Gasteiger partial charge < -0.3 is 15.5 Å². The molecule has 4 heteroatoms. The van der Waals surface area contributed by atoms with E-state index in [0.717, 1.165) is 29.9 Å². The van der Waals surface area contributed by atoms with Gasteiger partial charge in [-0.3, -0.25) is 4.79 Å². The van der Waals surface area contributed by atoms with Gasteiger partial charge in [0.05, 0.1) is 17.4 Å². The normalized spacial score (nSPS) is 14.8. The lowest BCUT2D eigenvalue weighted by Gasteiger charge is -2.31. The van der Waals surface area contributed by atoms with Gasteiger partial charge in [0, 0.05) is 13.1 Å². The zero-order chi connectivity index (χ0) is 21.5. The molecule has 0 radical (unpaired) electrons. The summed E-state index contributed by atoms with van der Waals surface area (Å²) in [5, 5.41) is 6.72. The van der Waals surface area contributed by atoms with Crippen molar-refractivity contribution in [3.05, 3.63) is 96.1 Å². The summed E-state index contributed by atoms with van der Waals surface area (Å²) in [6.07, 6.45) is 3.74. The third kappa shape index (κ3) is 5.26. The van der Waals surface area contributed by atoms with Gasteiger partial charge in [0.1, 0.15) is 6.04 Å². The maximum absolute atomic E-state index is 13.2. The molecule has 160 valence electrons. The van der Waals surface area contributed by atoms with Gasteiger partial charge in [-0.2, -0.15) is 0 Å². The van der Waals surface area contributed by atoms with Gasteiger partial charge in [-0.1, -0.05) is 72.8 Å². The summed E-state index contributed by atoms with van der Waals surface area (Å²) < 4.78 is 0. The molecule has 1 aliphatic heterocycles. The van der Waals surface area contributed by atoms with Gasteiger partial charge in [-0.05, 0) is 49.4 Å². The van der Waals surface area contributed by atoms with E-state index in [4.69, 9.17) is 0 Å². The Morgan fingerprint density at radius 3 is 1.94 bits per heavy atom.